The predicted octanol–water partition coefficient (Wildman–Crippen LogP) is 3.69. The fraction of sp³-hybridized carbons (Fsp3) is 0. The van der Waals surface area contributed by atoms with E-state index in [0.29, 0.717) is 10.1 Å². The van der Waals surface area contributed by atoms with E-state index >= 15 is 0 Å². The normalized spacial score (nSPS) is 11.2. The van der Waals surface area contributed by atoms with Crippen LogP contribution in [0.25, 0.3) is 20.2 Å². The molecule has 0 amide bonds. The molecule has 0 N–H and O–H groups in total. The molecule has 3 aromatic rings. The van der Waals surface area contributed by atoms with E-state index in [1.165, 1.54) is 17.4 Å². The highest BCUT2D eigenvalue weighted by Gasteiger charge is 2.11. The molecule has 0 spiro atoms. The van der Waals surface area contributed by atoms with E-state index in [2.05, 4.69) is 0 Å². The first-order valence-electron chi connectivity index (χ1n) is 4.97. The predicted molar refractivity (Wildman–Crippen MR) is 65.5 cm³/mol. The molecule has 4 heteroatoms. The van der Waals surface area contributed by atoms with Gasteiger partial charge in [-0.2, -0.15) is 0 Å². The third-order valence-electron chi connectivity index (χ3n) is 2.60. The van der Waals surface area contributed by atoms with Crippen molar-refractivity contribution < 1.29 is 8.78 Å². The summed E-state index contributed by atoms with van der Waals surface area (Å²) in [5.41, 5.74) is -0.383. The van der Waals surface area contributed by atoms with Crippen molar-refractivity contribution in [3.63, 3.8) is 0 Å². The number of hydrogen-bond acceptors (Lipinski definition) is 2. The van der Waals surface area contributed by atoms with E-state index in [-0.39, 0.29) is 10.8 Å². The van der Waals surface area contributed by atoms with Crippen molar-refractivity contribution in [2.24, 2.45) is 0 Å². The lowest BCUT2D eigenvalue weighted by molar-refractivity contribution is 0.592. The Balaban J connectivity index is 2.64. The highest BCUT2D eigenvalue weighted by atomic mass is 32.1. The molecule has 0 unspecified atom stereocenters. The highest BCUT2D eigenvalue weighted by Crippen LogP contribution is 2.26. The number of benzene rings is 2. The van der Waals surface area contributed by atoms with Gasteiger partial charge in [0.05, 0.1) is 5.39 Å². The minimum atomic E-state index is -0.799. The van der Waals surface area contributed by atoms with E-state index in [1.807, 2.05) is 0 Å². The molecule has 0 saturated heterocycles. The molecular formula is C13H6F2OS. The zero-order valence-electron chi connectivity index (χ0n) is 8.54. The first-order chi connectivity index (χ1) is 8.16. The third kappa shape index (κ3) is 1.52. The van der Waals surface area contributed by atoms with Crippen LogP contribution >= 0.6 is 11.3 Å². The summed E-state index contributed by atoms with van der Waals surface area (Å²) in [6.45, 7) is 0. The maximum atomic E-state index is 13.6. The first-order valence-corrected chi connectivity index (χ1v) is 5.79. The molecular weight excluding hydrogens is 242 g/mol. The highest BCUT2D eigenvalue weighted by molar-refractivity contribution is 7.24. The Bertz CT molecular complexity index is 792. The standard InChI is InChI=1S/C13H6F2OS/c14-7-5-9(15)12-11(6-7)17-10-4-2-1-3-8(10)13(12)16/h1-6H. The summed E-state index contributed by atoms with van der Waals surface area (Å²) in [4.78, 5) is 12.1. The van der Waals surface area contributed by atoms with Crippen LogP contribution in [-0.4, -0.2) is 0 Å². The van der Waals surface area contributed by atoms with Gasteiger partial charge in [-0.3, -0.25) is 4.79 Å². The third-order valence-corrected chi connectivity index (χ3v) is 3.72. The fourth-order valence-corrected chi connectivity index (χ4v) is 2.97. The van der Waals surface area contributed by atoms with Gasteiger partial charge in [0, 0.05) is 20.9 Å². The van der Waals surface area contributed by atoms with Gasteiger partial charge in [-0.15, -0.1) is 11.3 Å². The second-order valence-electron chi connectivity index (χ2n) is 3.69. The van der Waals surface area contributed by atoms with Gasteiger partial charge >= 0.3 is 0 Å². The van der Waals surface area contributed by atoms with E-state index in [1.54, 1.807) is 24.3 Å². The van der Waals surface area contributed by atoms with Gasteiger partial charge in [-0.1, -0.05) is 12.1 Å². The molecule has 0 aliphatic heterocycles. The average Bonchev–Trinajstić information content (AvgIpc) is 2.28. The van der Waals surface area contributed by atoms with Gasteiger partial charge < -0.3 is 0 Å². The summed E-state index contributed by atoms with van der Waals surface area (Å²) in [5, 5.41) is 0.436. The van der Waals surface area contributed by atoms with Crippen LogP contribution < -0.4 is 5.43 Å². The van der Waals surface area contributed by atoms with Crippen LogP contribution in [0.3, 0.4) is 0 Å². The van der Waals surface area contributed by atoms with Crippen LogP contribution in [0.15, 0.2) is 41.2 Å². The first kappa shape index (κ1) is 10.4. The van der Waals surface area contributed by atoms with Crippen LogP contribution in [0.4, 0.5) is 8.78 Å². The van der Waals surface area contributed by atoms with Crippen LogP contribution in [0.5, 0.6) is 0 Å². The van der Waals surface area contributed by atoms with Crippen LogP contribution in [0, 0.1) is 11.6 Å². The molecule has 0 aliphatic carbocycles. The lowest BCUT2D eigenvalue weighted by atomic mass is 10.2. The van der Waals surface area contributed by atoms with Crippen molar-refractivity contribution in [1.29, 1.82) is 0 Å². The lowest BCUT2D eigenvalue weighted by Crippen LogP contribution is -2.03. The average molecular weight is 248 g/mol. The molecule has 84 valence electrons. The molecule has 0 fully saturated rings. The SMILES string of the molecule is O=c1c2ccccc2sc2cc(F)cc(F)c12. The number of halogens is 2. The van der Waals surface area contributed by atoms with Crippen molar-refractivity contribution in [2.45, 2.75) is 0 Å². The maximum absolute atomic E-state index is 13.6. The Morgan fingerprint density at radius 2 is 1.76 bits per heavy atom. The topological polar surface area (TPSA) is 17.1 Å². The zero-order chi connectivity index (χ0) is 12.0. The summed E-state index contributed by atoms with van der Waals surface area (Å²) in [6, 6.07) is 8.87. The van der Waals surface area contributed by atoms with Gasteiger partial charge in [0.2, 0.25) is 0 Å². The van der Waals surface area contributed by atoms with Gasteiger partial charge in [0.1, 0.15) is 11.6 Å². The second-order valence-corrected chi connectivity index (χ2v) is 4.77. The summed E-state index contributed by atoms with van der Waals surface area (Å²) < 4.78 is 27.8. The molecule has 0 aliphatic rings. The molecule has 0 bridgehead atoms. The fourth-order valence-electron chi connectivity index (χ4n) is 1.85. The monoisotopic (exact) mass is 248 g/mol. The van der Waals surface area contributed by atoms with Crippen molar-refractivity contribution in [3.05, 3.63) is 58.3 Å². The largest absolute Gasteiger partial charge is 0.288 e. The quantitative estimate of drug-likeness (QED) is 0.554. The molecule has 17 heavy (non-hydrogen) atoms. The molecule has 1 aromatic heterocycles. The molecule has 0 atom stereocenters. The summed E-state index contributed by atoms with van der Waals surface area (Å²) >= 11 is 1.21. The molecule has 1 nitrogen and oxygen atoms in total. The Labute approximate surface area is 98.9 Å². The van der Waals surface area contributed by atoms with Crippen molar-refractivity contribution in [3.8, 4) is 0 Å². The second kappa shape index (κ2) is 3.60. The number of fused-ring (bicyclic) bond motifs is 2. The zero-order valence-corrected chi connectivity index (χ0v) is 9.35. The van der Waals surface area contributed by atoms with E-state index in [4.69, 9.17) is 0 Å². The van der Waals surface area contributed by atoms with E-state index < -0.39 is 11.6 Å². The molecule has 0 saturated carbocycles. The van der Waals surface area contributed by atoms with E-state index in [9.17, 15) is 13.6 Å². The Morgan fingerprint density at radius 3 is 2.59 bits per heavy atom. The minimum Gasteiger partial charge on any atom is -0.288 e. The summed E-state index contributed by atoms with van der Waals surface area (Å²) in [7, 11) is 0. The Hall–Kier alpha value is -1.81. The number of rotatable bonds is 0. The number of hydrogen-bond donors (Lipinski definition) is 0. The van der Waals surface area contributed by atoms with Gasteiger partial charge in [0.25, 0.3) is 0 Å². The summed E-state index contributed by atoms with van der Waals surface area (Å²) in [6.07, 6.45) is 0. The van der Waals surface area contributed by atoms with Gasteiger partial charge in [-0.05, 0) is 18.2 Å². The van der Waals surface area contributed by atoms with Crippen LogP contribution in [-0.2, 0) is 0 Å². The van der Waals surface area contributed by atoms with Gasteiger partial charge in [-0.25, -0.2) is 8.78 Å². The van der Waals surface area contributed by atoms with Crippen molar-refractivity contribution >= 4 is 31.5 Å². The van der Waals surface area contributed by atoms with Gasteiger partial charge in [0.15, 0.2) is 5.43 Å². The minimum absolute atomic E-state index is 0.0323. The van der Waals surface area contributed by atoms with Crippen LogP contribution in [0.2, 0.25) is 0 Å². The molecule has 2 aromatic carbocycles. The van der Waals surface area contributed by atoms with E-state index in [0.717, 1.165) is 10.8 Å². The van der Waals surface area contributed by atoms with Crippen LogP contribution in [0.1, 0.15) is 0 Å². The Morgan fingerprint density at radius 1 is 1.00 bits per heavy atom. The molecule has 1 heterocycles. The lowest BCUT2D eigenvalue weighted by Gasteiger charge is -2.01. The van der Waals surface area contributed by atoms with Crippen molar-refractivity contribution in [1.82, 2.24) is 0 Å². The molecule has 0 radical (unpaired) electrons. The van der Waals surface area contributed by atoms with Crippen molar-refractivity contribution in [2.75, 3.05) is 0 Å². The summed E-state index contributed by atoms with van der Waals surface area (Å²) in [5.74, 6) is -1.46. The Kier molecular flexibility index (Phi) is 2.19. The molecule has 3 rings (SSSR count). The smallest absolute Gasteiger partial charge is 0.198 e. The maximum Gasteiger partial charge on any atom is 0.198 e.